The molecule has 1 N–H and O–H groups in total. The molecule has 4 rings (SSSR count). The first kappa shape index (κ1) is 17.4. The quantitative estimate of drug-likeness (QED) is 0.786. The maximum absolute atomic E-state index is 14.8. The molecule has 1 atom stereocenters. The molecular formula is C19H22F3N3O. The van der Waals surface area contributed by atoms with Gasteiger partial charge in [0.05, 0.1) is 5.57 Å². The summed E-state index contributed by atoms with van der Waals surface area (Å²) in [5.74, 6) is -3.28. The SMILES string of the molecule is CN1C=C(C(=O)N(Cc2ccccc2C2CC2)C2CC2)C(F)(C(F)F)N1. The van der Waals surface area contributed by atoms with Gasteiger partial charge < -0.3 is 9.91 Å². The van der Waals surface area contributed by atoms with Crippen LogP contribution in [0.4, 0.5) is 13.2 Å². The van der Waals surface area contributed by atoms with Gasteiger partial charge in [0.25, 0.3) is 18.1 Å². The molecule has 0 bridgehead atoms. The van der Waals surface area contributed by atoms with Gasteiger partial charge in [-0.2, -0.15) is 5.43 Å². The van der Waals surface area contributed by atoms with Crippen LogP contribution < -0.4 is 5.43 Å². The number of amides is 1. The lowest BCUT2D eigenvalue weighted by molar-refractivity contribution is -0.132. The van der Waals surface area contributed by atoms with Gasteiger partial charge in [0.15, 0.2) is 0 Å². The molecule has 1 unspecified atom stereocenters. The van der Waals surface area contributed by atoms with Crippen LogP contribution in [0.15, 0.2) is 36.0 Å². The van der Waals surface area contributed by atoms with Crippen molar-refractivity contribution in [2.24, 2.45) is 0 Å². The number of hydrogen-bond acceptors (Lipinski definition) is 3. The van der Waals surface area contributed by atoms with Crippen molar-refractivity contribution in [2.75, 3.05) is 7.05 Å². The summed E-state index contributed by atoms with van der Waals surface area (Å²) in [6.45, 7) is 0.330. The Bertz CT molecular complexity index is 745. The van der Waals surface area contributed by atoms with E-state index in [1.807, 2.05) is 18.2 Å². The predicted octanol–water partition coefficient (Wildman–Crippen LogP) is 3.32. The first-order valence-corrected chi connectivity index (χ1v) is 8.99. The number of carbonyl (C=O) groups excluding carboxylic acids is 1. The van der Waals surface area contributed by atoms with Gasteiger partial charge in [-0.3, -0.25) is 4.79 Å². The first-order valence-electron chi connectivity index (χ1n) is 8.99. The summed E-state index contributed by atoms with van der Waals surface area (Å²) in [7, 11) is 1.40. The minimum Gasteiger partial charge on any atom is -0.331 e. The smallest absolute Gasteiger partial charge is 0.291 e. The van der Waals surface area contributed by atoms with Gasteiger partial charge in [-0.1, -0.05) is 24.3 Å². The minimum atomic E-state index is -3.33. The van der Waals surface area contributed by atoms with Gasteiger partial charge in [0.1, 0.15) is 0 Å². The van der Waals surface area contributed by atoms with E-state index in [2.05, 4.69) is 11.5 Å². The molecule has 4 nitrogen and oxygen atoms in total. The van der Waals surface area contributed by atoms with Crippen LogP contribution in [0.2, 0.25) is 0 Å². The zero-order valence-electron chi connectivity index (χ0n) is 14.6. The molecule has 26 heavy (non-hydrogen) atoms. The first-order chi connectivity index (χ1) is 12.4. The molecular weight excluding hydrogens is 343 g/mol. The van der Waals surface area contributed by atoms with Gasteiger partial charge in [0, 0.05) is 25.8 Å². The molecule has 0 aromatic heterocycles. The van der Waals surface area contributed by atoms with E-state index < -0.39 is 23.7 Å². The van der Waals surface area contributed by atoms with Crippen LogP contribution in [0.3, 0.4) is 0 Å². The van der Waals surface area contributed by atoms with E-state index in [0.29, 0.717) is 12.5 Å². The number of hydrogen-bond donors (Lipinski definition) is 1. The maximum Gasteiger partial charge on any atom is 0.291 e. The van der Waals surface area contributed by atoms with Crippen LogP contribution >= 0.6 is 0 Å². The second-order valence-electron chi connectivity index (χ2n) is 7.42. The number of carbonyl (C=O) groups is 1. The summed E-state index contributed by atoms with van der Waals surface area (Å²) >= 11 is 0. The molecule has 140 valence electrons. The Balaban J connectivity index is 1.61. The molecule has 1 aromatic carbocycles. The molecule has 0 radical (unpaired) electrons. The van der Waals surface area contributed by atoms with E-state index in [9.17, 15) is 18.0 Å². The summed E-state index contributed by atoms with van der Waals surface area (Å²) in [6.07, 6.45) is 1.71. The van der Waals surface area contributed by atoms with Crippen LogP contribution in [0.25, 0.3) is 0 Å². The molecule has 1 aromatic rings. The molecule has 2 fully saturated rings. The molecule has 0 saturated heterocycles. The van der Waals surface area contributed by atoms with Crippen molar-refractivity contribution in [3.8, 4) is 0 Å². The molecule has 1 amide bonds. The highest BCUT2D eigenvalue weighted by atomic mass is 19.3. The highest BCUT2D eigenvalue weighted by molar-refractivity contribution is 5.96. The Morgan fingerprint density at radius 1 is 1.31 bits per heavy atom. The van der Waals surface area contributed by atoms with E-state index >= 15 is 0 Å². The van der Waals surface area contributed by atoms with Gasteiger partial charge in [-0.05, 0) is 42.7 Å². The molecule has 7 heteroatoms. The maximum atomic E-state index is 14.8. The van der Waals surface area contributed by atoms with Gasteiger partial charge in [-0.15, -0.1) is 0 Å². The van der Waals surface area contributed by atoms with Crippen molar-refractivity contribution < 1.29 is 18.0 Å². The summed E-state index contributed by atoms with van der Waals surface area (Å²) in [4.78, 5) is 14.6. The average molecular weight is 365 g/mol. The van der Waals surface area contributed by atoms with Gasteiger partial charge in [-0.25, -0.2) is 13.2 Å². The van der Waals surface area contributed by atoms with E-state index in [4.69, 9.17) is 0 Å². The van der Waals surface area contributed by atoms with Crippen LogP contribution in [-0.2, 0) is 11.3 Å². The zero-order valence-corrected chi connectivity index (χ0v) is 14.6. The largest absolute Gasteiger partial charge is 0.331 e. The van der Waals surface area contributed by atoms with E-state index in [1.54, 1.807) is 4.90 Å². The lowest BCUT2D eigenvalue weighted by Gasteiger charge is -2.28. The summed E-state index contributed by atoms with van der Waals surface area (Å²) < 4.78 is 41.4. The molecule has 3 aliphatic rings. The van der Waals surface area contributed by atoms with Crippen LogP contribution in [0.1, 0.15) is 42.7 Å². The zero-order chi connectivity index (χ0) is 18.5. The van der Waals surface area contributed by atoms with Crippen molar-refractivity contribution >= 4 is 5.91 Å². The van der Waals surface area contributed by atoms with Crippen molar-refractivity contribution in [1.82, 2.24) is 15.3 Å². The standard InChI is InChI=1S/C19H22F3N3O/c1-24-11-16(19(22,23-24)18(20)21)17(26)25(14-8-9-14)10-13-4-2-3-5-15(13)12-6-7-12/h2-5,11-12,14,18,23H,6-10H2,1H3. The monoisotopic (exact) mass is 365 g/mol. The highest BCUT2D eigenvalue weighted by Crippen LogP contribution is 2.43. The van der Waals surface area contributed by atoms with Crippen molar-refractivity contribution in [2.45, 2.75) is 56.4 Å². The highest BCUT2D eigenvalue weighted by Gasteiger charge is 2.53. The van der Waals surface area contributed by atoms with Crippen LogP contribution in [0, 0.1) is 0 Å². The summed E-state index contributed by atoms with van der Waals surface area (Å²) in [5.41, 5.74) is 3.77. The molecule has 0 spiro atoms. The topological polar surface area (TPSA) is 35.6 Å². The van der Waals surface area contributed by atoms with E-state index in [0.717, 1.165) is 42.5 Å². The Morgan fingerprint density at radius 2 is 2.00 bits per heavy atom. The van der Waals surface area contributed by atoms with Crippen LogP contribution in [0.5, 0.6) is 0 Å². The fraction of sp³-hybridized carbons (Fsp3) is 0.526. The number of halogens is 3. The number of nitrogens with zero attached hydrogens (tertiary/aromatic N) is 2. The lowest BCUT2D eigenvalue weighted by atomic mass is 10.0. The molecule has 1 aliphatic heterocycles. The Hall–Kier alpha value is -2.02. The Kier molecular flexibility index (Phi) is 4.22. The van der Waals surface area contributed by atoms with Crippen molar-refractivity contribution in [3.63, 3.8) is 0 Å². The summed E-state index contributed by atoms with van der Waals surface area (Å²) in [6, 6.07) is 7.91. The van der Waals surface area contributed by atoms with E-state index in [1.165, 1.54) is 12.6 Å². The third-order valence-corrected chi connectivity index (χ3v) is 5.25. The average Bonchev–Trinajstić information content (AvgIpc) is 3.51. The molecule has 1 heterocycles. The number of hydrazine groups is 1. The number of nitrogens with one attached hydrogen (secondary N) is 1. The number of rotatable bonds is 6. The van der Waals surface area contributed by atoms with Crippen molar-refractivity contribution in [1.29, 1.82) is 0 Å². The lowest BCUT2D eigenvalue weighted by Crippen LogP contribution is -2.52. The Labute approximate surface area is 150 Å². The molecule has 2 saturated carbocycles. The fourth-order valence-electron chi connectivity index (χ4n) is 3.58. The van der Waals surface area contributed by atoms with Gasteiger partial charge in [0.2, 0.25) is 0 Å². The second kappa shape index (κ2) is 6.30. The molecule has 2 aliphatic carbocycles. The number of alkyl halides is 3. The van der Waals surface area contributed by atoms with Crippen molar-refractivity contribution in [3.05, 3.63) is 47.2 Å². The second-order valence-corrected chi connectivity index (χ2v) is 7.42. The van der Waals surface area contributed by atoms with E-state index in [-0.39, 0.29) is 6.04 Å². The normalized spacial score (nSPS) is 25.6. The van der Waals surface area contributed by atoms with Crippen LogP contribution in [-0.4, -0.2) is 41.1 Å². The fourth-order valence-corrected chi connectivity index (χ4v) is 3.58. The number of benzene rings is 1. The minimum absolute atomic E-state index is 0.0107. The Morgan fingerprint density at radius 3 is 2.62 bits per heavy atom. The third-order valence-electron chi connectivity index (χ3n) is 5.25. The summed E-state index contributed by atoms with van der Waals surface area (Å²) in [5, 5.41) is 1.09. The van der Waals surface area contributed by atoms with Gasteiger partial charge >= 0.3 is 0 Å². The predicted molar refractivity (Wildman–Crippen MR) is 90.8 cm³/mol. The third kappa shape index (κ3) is 3.09.